The standard InChI is InChI=1S/C18H21N3O2/c1-11-14(12-8-6-5-7-9-12)15(11)16(22)19-10-13-20-17(21-23-13)18(2,3)4/h5-9,15H,10H2,1-4H3,(H,19,22)/t15-/m1/s1. The third kappa shape index (κ3) is 3.18. The van der Waals surface area contributed by atoms with E-state index in [2.05, 4.69) is 15.5 Å². The second-order valence-electron chi connectivity index (χ2n) is 6.88. The topological polar surface area (TPSA) is 68.0 Å². The molecule has 0 unspecified atom stereocenters. The highest BCUT2D eigenvalue weighted by molar-refractivity contribution is 6.05. The van der Waals surface area contributed by atoms with Gasteiger partial charge in [-0.3, -0.25) is 4.79 Å². The smallest absolute Gasteiger partial charge is 0.246 e. The minimum atomic E-state index is -0.166. The maximum Gasteiger partial charge on any atom is 0.246 e. The van der Waals surface area contributed by atoms with Gasteiger partial charge in [-0.2, -0.15) is 4.98 Å². The van der Waals surface area contributed by atoms with Gasteiger partial charge in [0.05, 0.1) is 12.5 Å². The van der Waals surface area contributed by atoms with Crippen molar-refractivity contribution >= 4 is 11.5 Å². The number of carbonyl (C=O) groups excluding carboxylic acids is 1. The molecule has 23 heavy (non-hydrogen) atoms. The number of hydrogen-bond acceptors (Lipinski definition) is 4. The quantitative estimate of drug-likeness (QED) is 0.942. The van der Waals surface area contributed by atoms with Crippen molar-refractivity contribution < 1.29 is 9.32 Å². The number of rotatable bonds is 4. The van der Waals surface area contributed by atoms with Crippen LogP contribution in [0.15, 0.2) is 40.4 Å². The van der Waals surface area contributed by atoms with Crippen LogP contribution in [-0.4, -0.2) is 16.0 Å². The summed E-state index contributed by atoms with van der Waals surface area (Å²) in [5.41, 5.74) is 3.18. The molecule has 1 heterocycles. The molecule has 0 radical (unpaired) electrons. The molecule has 5 heteroatoms. The van der Waals surface area contributed by atoms with E-state index in [0.29, 0.717) is 11.7 Å². The summed E-state index contributed by atoms with van der Waals surface area (Å²) in [4.78, 5) is 16.7. The van der Waals surface area contributed by atoms with Crippen molar-refractivity contribution in [3.05, 3.63) is 53.2 Å². The zero-order valence-corrected chi connectivity index (χ0v) is 13.9. The molecule has 1 aliphatic carbocycles. The zero-order chi connectivity index (χ0) is 16.6. The lowest BCUT2D eigenvalue weighted by atomic mass is 9.96. The van der Waals surface area contributed by atoms with Crippen molar-refractivity contribution in [2.24, 2.45) is 5.92 Å². The first-order chi connectivity index (χ1) is 10.9. The molecule has 0 fully saturated rings. The number of benzene rings is 1. The van der Waals surface area contributed by atoms with Gasteiger partial charge in [-0.1, -0.05) is 61.8 Å². The van der Waals surface area contributed by atoms with Gasteiger partial charge in [0.2, 0.25) is 11.8 Å². The van der Waals surface area contributed by atoms with Crippen molar-refractivity contribution in [1.29, 1.82) is 0 Å². The Morgan fingerprint density at radius 2 is 1.96 bits per heavy atom. The summed E-state index contributed by atoms with van der Waals surface area (Å²) in [6, 6.07) is 9.99. The summed E-state index contributed by atoms with van der Waals surface area (Å²) in [5, 5.41) is 6.83. The molecule has 0 saturated carbocycles. The molecule has 3 rings (SSSR count). The molecule has 5 nitrogen and oxygen atoms in total. The summed E-state index contributed by atoms with van der Waals surface area (Å²) in [7, 11) is 0. The SMILES string of the molecule is CC1=C(c2ccccc2)[C@@H]1C(=O)NCc1nc(C(C)(C)C)no1. The van der Waals surface area contributed by atoms with Crippen LogP contribution in [0.1, 0.15) is 45.0 Å². The maximum atomic E-state index is 12.3. The fourth-order valence-corrected chi connectivity index (χ4v) is 2.57. The van der Waals surface area contributed by atoms with E-state index in [1.54, 1.807) is 0 Å². The van der Waals surface area contributed by atoms with Gasteiger partial charge in [-0.15, -0.1) is 0 Å². The van der Waals surface area contributed by atoms with Crippen molar-refractivity contribution in [3.8, 4) is 0 Å². The lowest BCUT2D eigenvalue weighted by Gasteiger charge is -2.10. The predicted octanol–water partition coefficient (Wildman–Crippen LogP) is 3.09. The van der Waals surface area contributed by atoms with Crippen molar-refractivity contribution in [1.82, 2.24) is 15.5 Å². The molecule has 1 amide bonds. The second-order valence-corrected chi connectivity index (χ2v) is 6.88. The maximum absolute atomic E-state index is 12.3. The Morgan fingerprint density at radius 1 is 1.26 bits per heavy atom. The zero-order valence-electron chi connectivity index (χ0n) is 13.9. The van der Waals surface area contributed by atoms with Crippen LogP contribution < -0.4 is 5.32 Å². The average molecular weight is 311 g/mol. The van der Waals surface area contributed by atoms with Crippen LogP contribution in [0.2, 0.25) is 0 Å². The van der Waals surface area contributed by atoms with Crippen LogP contribution in [0, 0.1) is 5.92 Å². The van der Waals surface area contributed by atoms with Crippen LogP contribution in [0.3, 0.4) is 0 Å². The van der Waals surface area contributed by atoms with Crippen LogP contribution in [0.5, 0.6) is 0 Å². The van der Waals surface area contributed by atoms with E-state index in [4.69, 9.17) is 4.52 Å². The molecule has 0 spiro atoms. The van der Waals surface area contributed by atoms with Crippen LogP contribution in [-0.2, 0) is 16.8 Å². The molecular formula is C18H21N3O2. The Kier molecular flexibility index (Phi) is 3.80. The number of nitrogens with one attached hydrogen (secondary N) is 1. The number of carbonyl (C=O) groups is 1. The van der Waals surface area contributed by atoms with Gasteiger partial charge >= 0.3 is 0 Å². The molecule has 2 aromatic rings. The highest BCUT2D eigenvalue weighted by Gasteiger charge is 2.39. The number of aromatic nitrogens is 2. The molecule has 1 aromatic carbocycles. The first-order valence-corrected chi connectivity index (χ1v) is 7.75. The van der Waals surface area contributed by atoms with Gasteiger partial charge in [0, 0.05) is 5.41 Å². The summed E-state index contributed by atoms with van der Waals surface area (Å²) >= 11 is 0. The molecule has 1 aromatic heterocycles. The normalized spacial score (nSPS) is 17.3. The lowest BCUT2D eigenvalue weighted by molar-refractivity contribution is -0.121. The van der Waals surface area contributed by atoms with Gasteiger partial charge in [0.25, 0.3) is 0 Å². The Morgan fingerprint density at radius 3 is 2.57 bits per heavy atom. The monoisotopic (exact) mass is 311 g/mol. The van der Waals surface area contributed by atoms with E-state index in [1.807, 2.05) is 58.0 Å². The van der Waals surface area contributed by atoms with Gasteiger partial charge in [-0.05, 0) is 18.1 Å². The number of nitrogens with zero attached hydrogens (tertiary/aromatic N) is 2. The molecule has 1 atom stereocenters. The predicted molar refractivity (Wildman–Crippen MR) is 87.4 cm³/mol. The Balaban J connectivity index is 1.58. The van der Waals surface area contributed by atoms with Crippen molar-refractivity contribution in [3.63, 3.8) is 0 Å². The van der Waals surface area contributed by atoms with E-state index in [9.17, 15) is 4.79 Å². The average Bonchev–Trinajstić information content (AvgIpc) is 2.96. The molecule has 0 saturated heterocycles. The Hall–Kier alpha value is -2.43. The Labute approximate surface area is 135 Å². The van der Waals surface area contributed by atoms with Crippen LogP contribution in [0.4, 0.5) is 0 Å². The van der Waals surface area contributed by atoms with E-state index in [0.717, 1.165) is 16.7 Å². The Bertz CT molecular complexity index is 754. The number of amides is 1. The first-order valence-electron chi connectivity index (χ1n) is 7.75. The molecular weight excluding hydrogens is 290 g/mol. The van der Waals surface area contributed by atoms with E-state index in [-0.39, 0.29) is 23.8 Å². The van der Waals surface area contributed by atoms with E-state index >= 15 is 0 Å². The third-order valence-electron chi connectivity index (χ3n) is 3.96. The highest BCUT2D eigenvalue weighted by Crippen LogP contribution is 2.46. The largest absolute Gasteiger partial charge is 0.346 e. The van der Waals surface area contributed by atoms with Gasteiger partial charge < -0.3 is 9.84 Å². The molecule has 0 bridgehead atoms. The van der Waals surface area contributed by atoms with E-state index in [1.165, 1.54) is 0 Å². The fourth-order valence-electron chi connectivity index (χ4n) is 2.57. The van der Waals surface area contributed by atoms with Gasteiger partial charge in [-0.25, -0.2) is 0 Å². The van der Waals surface area contributed by atoms with Gasteiger partial charge in [0.1, 0.15) is 0 Å². The number of hydrogen-bond donors (Lipinski definition) is 1. The van der Waals surface area contributed by atoms with Gasteiger partial charge in [0.15, 0.2) is 5.82 Å². The van der Waals surface area contributed by atoms with Crippen molar-refractivity contribution in [2.45, 2.75) is 39.7 Å². The fraction of sp³-hybridized carbons (Fsp3) is 0.389. The summed E-state index contributed by atoms with van der Waals surface area (Å²) in [6.45, 7) is 8.31. The van der Waals surface area contributed by atoms with Crippen LogP contribution in [0.25, 0.3) is 5.57 Å². The molecule has 0 aliphatic heterocycles. The highest BCUT2D eigenvalue weighted by atomic mass is 16.5. The molecule has 120 valence electrons. The first kappa shape index (κ1) is 15.5. The second kappa shape index (κ2) is 5.65. The minimum Gasteiger partial charge on any atom is -0.346 e. The summed E-state index contributed by atoms with van der Waals surface area (Å²) in [6.07, 6.45) is 0. The summed E-state index contributed by atoms with van der Waals surface area (Å²) in [5.74, 6) is 0.926. The summed E-state index contributed by atoms with van der Waals surface area (Å²) < 4.78 is 5.19. The van der Waals surface area contributed by atoms with E-state index < -0.39 is 0 Å². The van der Waals surface area contributed by atoms with Crippen LogP contribution >= 0.6 is 0 Å². The molecule has 1 N–H and O–H groups in total. The molecule has 1 aliphatic rings. The third-order valence-corrected chi connectivity index (χ3v) is 3.96. The lowest BCUT2D eigenvalue weighted by Crippen LogP contribution is -2.26. The van der Waals surface area contributed by atoms with Crippen molar-refractivity contribution in [2.75, 3.05) is 0 Å². The minimum absolute atomic E-state index is 0.0168.